The third-order valence-electron chi connectivity index (χ3n) is 3.61. The average molecular weight is 392 g/mol. The molecule has 1 aliphatic heterocycles. The van der Waals surface area contributed by atoms with Crippen molar-refractivity contribution >= 4 is 39.7 Å². The molecule has 1 N–H and O–H groups in total. The van der Waals surface area contributed by atoms with Crippen molar-refractivity contribution in [2.45, 2.75) is 6.04 Å². The summed E-state index contributed by atoms with van der Waals surface area (Å²) in [5.74, 6) is -0.149. The van der Waals surface area contributed by atoms with E-state index in [-0.39, 0.29) is 24.3 Å². The summed E-state index contributed by atoms with van der Waals surface area (Å²) in [6, 6.07) is 9.69. The lowest BCUT2D eigenvalue weighted by molar-refractivity contribution is 0.197. The third kappa shape index (κ3) is 3.66. The van der Waals surface area contributed by atoms with Gasteiger partial charge in [-0.3, -0.25) is 4.90 Å². The summed E-state index contributed by atoms with van der Waals surface area (Å²) in [5, 5.41) is 5.41. The maximum Gasteiger partial charge on any atom is 0.142 e. The number of hydrogen-bond acceptors (Lipinski definition) is 3. The summed E-state index contributed by atoms with van der Waals surface area (Å²) < 4.78 is 15.0. The summed E-state index contributed by atoms with van der Waals surface area (Å²) in [6.45, 7) is 3.79. The lowest BCUT2D eigenvalue weighted by Gasteiger charge is -2.35. The van der Waals surface area contributed by atoms with Crippen LogP contribution in [0.3, 0.4) is 0 Å². The van der Waals surface area contributed by atoms with Crippen LogP contribution in [0.1, 0.15) is 16.5 Å². The number of thiophene rings is 1. The highest BCUT2D eigenvalue weighted by atomic mass is 79.9. The van der Waals surface area contributed by atoms with Gasteiger partial charge < -0.3 is 5.32 Å². The van der Waals surface area contributed by atoms with Gasteiger partial charge in [0.15, 0.2) is 0 Å². The predicted molar refractivity (Wildman–Crippen MR) is 92.0 cm³/mol. The first kappa shape index (κ1) is 16.9. The molecule has 0 saturated carbocycles. The maximum absolute atomic E-state index is 14.5. The first-order chi connectivity index (χ1) is 9.77. The lowest BCUT2D eigenvalue weighted by atomic mass is 10.0. The monoisotopic (exact) mass is 390 g/mol. The molecule has 114 valence electrons. The van der Waals surface area contributed by atoms with Crippen molar-refractivity contribution in [1.82, 2.24) is 10.2 Å². The standard InChI is InChI=1S/C15H16BrFN2S.ClH/c16-12-4-1-3-11(14(12)17)15(13-5-2-10-20-13)19-8-6-18-7-9-19;/h1-5,10,15,18H,6-9H2;1H/t15-;/m1./s1. The lowest BCUT2D eigenvalue weighted by Crippen LogP contribution is -2.45. The largest absolute Gasteiger partial charge is 0.314 e. The molecule has 1 saturated heterocycles. The summed E-state index contributed by atoms with van der Waals surface area (Å²) in [6.07, 6.45) is 0. The minimum atomic E-state index is -0.149. The second-order valence-electron chi connectivity index (χ2n) is 4.85. The van der Waals surface area contributed by atoms with Gasteiger partial charge >= 0.3 is 0 Å². The van der Waals surface area contributed by atoms with Gasteiger partial charge in [0.25, 0.3) is 0 Å². The van der Waals surface area contributed by atoms with E-state index >= 15 is 0 Å². The van der Waals surface area contributed by atoms with Gasteiger partial charge in [-0.2, -0.15) is 0 Å². The Kier molecular flexibility index (Phi) is 6.20. The normalized spacial score (nSPS) is 17.2. The molecule has 0 unspecified atom stereocenters. The highest BCUT2D eigenvalue weighted by Gasteiger charge is 2.27. The Hall–Kier alpha value is -0.460. The van der Waals surface area contributed by atoms with E-state index in [1.165, 1.54) is 4.88 Å². The molecule has 6 heteroatoms. The number of nitrogens with one attached hydrogen (secondary N) is 1. The van der Waals surface area contributed by atoms with Crippen molar-refractivity contribution in [3.05, 3.63) is 56.4 Å². The van der Waals surface area contributed by atoms with Crippen molar-refractivity contribution in [1.29, 1.82) is 0 Å². The second-order valence-corrected chi connectivity index (χ2v) is 6.68. The van der Waals surface area contributed by atoms with Gasteiger partial charge in [-0.25, -0.2) is 4.39 Å². The number of halogens is 3. The summed E-state index contributed by atoms with van der Waals surface area (Å²) in [5.41, 5.74) is 0.753. The Bertz CT molecular complexity index is 573. The molecule has 2 aromatic rings. The molecule has 2 heterocycles. The van der Waals surface area contributed by atoms with E-state index < -0.39 is 0 Å². The highest BCUT2D eigenvalue weighted by Crippen LogP contribution is 2.35. The Balaban J connectivity index is 0.00000161. The SMILES string of the molecule is Cl.Fc1c(Br)cccc1[C@H](c1cccs1)N1CCNCC1. The van der Waals surface area contributed by atoms with Crippen LogP contribution in [0.15, 0.2) is 40.2 Å². The van der Waals surface area contributed by atoms with Gasteiger partial charge in [-0.05, 0) is 33.4 Å². The second kappa shape index (κ2) is 7.70. The van der Waals surface area contributed by atoms with Crippen LogP contribution >= 0.6 is 39.7 Å². The molecule has 2 nitrogen and oxygen atoms in total. The Morgan fingerprint density at radius 1 is 1.19 bits per heavy atom. The minimum absolute atomic E-state index is 0. The zero-order valence-corrected chi connectivity index (χ0v) is 14.6. The molecule has 0 spiro atoms. The van der Waals surface area contributed by atoms with Crippen LogP contribution in [-0.4, -0.2) is 31.1 Å². The molecule has 1 fully saturated rings. The molecule has 1 aliphatic rings. The number of rotatable bonds is 3. The Labute approximate surface area is 142 Å². The van der Waals surface area contributed by atoms with Crippen LogP contribution in [0.4, 0.5) is 4.39 Å². The van der Waals surface area contributed by atoms with Gasteiger partial charge in [0.05, 0.1) is 10.5 Å². The molecule has 3 rings (SSSR count). The zero-order valence-electron chi connectivity index (χ0n) is 11.4. The van der Waals surface area contributed by atoms with E-state index in [1.54, 1.807) is 17.4 Å². The summed E-state index contributed by atoms with van der Waals surface area (Å²) in [7, 11) is 0. The smallest absolute Gasteiger partial charge is 0.142 e. The van der Waals surface area contributed by atoms with E-state index in [0.29, 0.717) is 4.47 Å². The molecule has 1 aromatic carbocycles. The van der Waals surface area contributed by atoms with Crippen LogP contribution < -0.4 is 5.32 Å². The van der Waals surface area contributed by atoms with Gasteiger partial charge in [-0.15, -0.1) is 23.7 Å². The van der Waals surface area contributed by atoms with Crippen molar-refractivity contribution in [2.24, 2.45) is 0 Å². The zero-order chi connectivity index (χ0) is 13.9. The predicted octanol–water partition coefficient (Wildman–Crippen LogP) is 4.07. The highest BCUT2D eigenvalue weighted by molar-refractivity contribution is 9.10. The molecule has 0 radical (unpaired) electrons. The van der Waals surface area contributed by atoms with E-state index in [1.807, 2.05) is 18.2 Å². The molecule has 0 bridgehead atoms. The molecule has 0 aliphatic carbocycles. The number of piperazine rings is 1. The van der Waals surface area contributed by atoms with E-state index in [4.69, 9.17) is 0 Å². The quantitative estimate of drug-likeness (QED) is 0.848. The number of nitrogens with zero attached hydrogens (tertiary/aromatic N) is 1. The molecular weight excluding hydrogens is 375 g/mol. The molecule has 1 aromatic heterocycles. The van der Waals surface area contributed by atoms with Crippen molar-refractivity contribution in [3.63, 3.8) is 0 Å². The van der Waals surface area contributed by atoms with E-state index in [9.17, 15) is 4.39 Å². The van der Waals surface area contributed by atoms with Crippen LogP contribution in [0.2, 0.25) is 0 Å². The first-order valence-corrected chi connectivity index (χ1v) is 8.36. The van der Waals surface area contributed by atoms with Crippen LogP contribution in [0, 0.1) is 5.82 Å². The minimum Gasteiger partial charge on any atom is -0.314 e. The fraction of sp³-hybridized carbons (Fsp3) is 0.333. The fourth-order valence-electron chi connectivity index (χ4n) is 2.65. The maximum atomic E-state index is 14.5. The van der Waals surface area contributed by atoms with Crippen LogP contribution in [0.25, 0.3) is 0 Å². The van der Waals surface area contributed by atoms with Gasteiger partial charge in [-0.1, -0.05) is 18.2 Å². The van der Waals surface area contributed by atoms with Crippen LogP contribution in [-0.2, 0) is 0 Å². The van der Waals surface area contributed by atoms with Gasteiger partial charge in [0, 0.05) is 36.6 Å². The van der Waals surface area contributed by atoms with Crippen molar-refractivity contribution < 1.29 is 4.39 Å². The van der Waals surface area contributed by atoms with Gasteiger partial charge in [0.2, 0.25) is 0 Å². The molecule has 1 atom stereocenters. The molecular formula is C15H17BrClFN2S. The summed E-state index contributed by atoms with van der Waals surface area (Å²) >= 11 is 4.99. The molecule has 21 heavy (non-hydrogen) atoms. The topological polar surface area (TPSA) is 15.3 Å². The number of benzene rings is 1. The Morgan fingerprint density at radius 2 is 1.95 bits per heavy atom. The van der Waals surface area contributed by atoms with Crippen molar-refractivity contribution in [2.75, 3.05) is 26.2 Å². The summed E-state index contributed by atoms with van der Waals surface area (Å²) in [4.78, 5) is 3.55. The van der Waals surface area contributed by atoms with Gasteiger partial charge in [0.1, 0.15) is 5.82 Å². The van der Waals surface area contributed by atoms with Crippen LogP contribution in [0.5, 0.6) is 0 Å². The first-order valence-electron chi connectivity index (χ1n) is 6.69. The average Bonchev–Trinajstić information content (AvgIpc) is 2.99. The van der Waals surface area contributed by atoms with E-state index in [0.717, 1.165) is 31.7 Å². The Morgan fingerprint density at radius 3 is 2.62 bits per heavy atom. The van der Waals surface area contributed by atoms with Crippen molar-refractivity contribution in [3.8, 4) is 0 Å². The third-order valence-corrected chi connectivity index (χ3v) is 5.14. The van der Waals surface area contributed by atoms with E-state index in [2.05, 4.69) is 37.6 Å². The molecule has 0 amide bonds. The number of hydrogen-bond donors (Lipinski definition) is 1. The fourth-order valence-corrected chi connectivity index (χ4v) is 3.91.